The fourth-order valence-electron chi connectivity index (χ4n) is 1.59. The number of aromatic nitrogens is 3. The Labute approximate surface area is 126 Å². The van der Waals surface area contributed by atoms with Crippen LogP contribution in [0.2, 0.25) is 0 Å². The molecule has 1 aromatic carbocycles. The van der Waals surface area contributed by atoms with E-state index in [9.17, 15) is 14.9 Å². The molecule has 0 radical (unpaired) electrons. The summed E-state index contributed by atoms with van der Waals surface area (Å²) in [6, 6.07) is 7.18. The molecule has 0 saturated heterocycles. The topological polar surface area (TPSA) is 137 Å². The van der Waals surface area contributed by atoms with Crippen molar-refractivity contribution in [3.8, 4) is 0 Å². The van der Waals surface area contributed by atoms with Gasteiger partial charge in [-0.25, -0.2) is 4.98 Å². The van der Waals surface area contributed by atoms with Crippen LogP contribution < -0.4 is 5.32 Å². The van der Waals surface area contributed by atoms with Crippen molar-refractivity contribution in [3.63, 3.8) is 0 Å². The van der Waals surface area contributed by atoms with Crippen molar-refractivity contribution in [3.05, 3.63) is 34.4 Å². The zero-order valence-corrected chi connectivity index (χ0v) is 11.6. The summed E-state index contributed by atoms with van der Waals surface area (Å²) in [7, 11) is 0. The number of fused-ring (bicyclic) bond motifs is 1. The van der Waals surface area contributed by atoms with Gasteiger partial charge in [0.25, 0.3) is 11.0 Å². The van der Waals surface area contributed by atoms with Crippen LogP contribution in [0, 0.1) is 10.1 Å². The summed E-state index contributed by atoms with van der Waals surface area (Å²) < 4.78 is 9.65. The van der Waals surface area contributed by atoms with Crippen LogP contribution in [0.1, 0.15) is 0 Å². The third-order valence-corrected chi connectivity index (χ3v) is 3.33. The SMILES string of the molecule is O=C(CSc1nc2ccccc2o1)Nc1nonc1[N+](=O)[O-]. The average Bonchev–Trinajstić information content (AvgIpc) is 3.10. The van der Waals surface area contributed by atoms with E-state index in [1.807, 2.05) is 12.1 Å². The molecule has 0 saturated carbocycles. The molecule has 112 valence electrons. The first-order valence-electron chi connectivity index (χ1n) is 5.88. The molecule has 0 fully saturated rings. The second kappa shape index (κ2) is 5.81. The van der Waals surface area contributed by atoms with Crippen molar-refractivity contribution >= 4 is 40.4 Å². The van der Waals surface area contributed by atoms with Crippen LogP contribution in [0.5, 0.6) is 0 Å². The highest BCUT2D eigenvalue weighted by atomic mass is 32.2. The number of nitrogens with one attached hydrogen (secondary N) is 1. The molecular weight excluding hydrogens is 314 g/mol. The van der Waals surface area contributed by atoms with Crippen molar-refractivity contribution in [1.82, 2.24) is 15.3 Å². The first-order chi connectivity index (χ1) is 10.6. The molecule has 0 atom stereocenters. The first kappa shape index (κ1) is 14.0. The van der Waals surface area contributed by atoms with E-state index in [1.54, 1.807) is 12.1 Å². The molecule has 2 aromatic heterocycles. The number of carbonyl (C=O) groups is 1. The van der Waals surface area contributed by atoms with Gasteiger partial charge in [-0.3, -0.25) is 10.1 Å². The van der Waals surface area contributed by atoms with Crippen molar-refractivity contribution in [2.75, 3.05) is 11.1 Å². The van der Waals surface area contributed by atoms with Gasteiger partial charge in [0.05, 0.1) is 5.75 Å². The van der Waals surface area contributed by atoms with Gasteiger partial charge in [0, 0.05) is 5.16 Å². The Hall–Kier alpha value is -2.95. The molecule has 0 unspecified atom stereocenters. The molecule has 2 heterocycles. The van der Waals surface area contributed by atoms with Crippen LogP contribution in [0.25, 0.3) is 11.1 Å². The normalized spacial score (nSPS) is 10.7. The molecule has 1 amide bonds. The van der Waals surface area contributed by atoms with Crippen LogP contribution in [-0.4, -0.2) is 31.9 Å². The molecule has 0 aliphatic carbocycles. The maximum Gasteiger partial charge on any atom is 0.459 e. The Morgan fingerprint density at radius 1 is 1.36 bits per heavy atom. The number of amides is 1. The van der Waals surface area contributed by atoms with Crippen LogP contribution >= 0.6 is 11.8 Å². The van der Waals surface area contributed by atoms with Gasteiger partial charge in [-0.05, 0) is 17.1 Å². The van der Waals surface area contributed by atoms with E-state index in [0.717, 1.165) is 11.8 Å². The largest absolute Gasteiger partial charge is 0.459 e. The van der Waals surface area contributed by atoms with Gasteiger partial charge in [-0.15, -0.1) is 4.63 Å². The Morgan fingerprint density at radius 3 is 2.95 bits per heavy atom. The number of anilines is 1. The minimum absolute atomic E-state index is 0.0587. The van der Waals surface area contributed by atoms with E-state index < -0.39 is 16.6 Å². The minimum atomic E-state index is -0.805. The van der Waals surface area contributed by atoms with E-state index >= 15 is 0 Å². The van der Waals surface area contributed by atoms with Crippen LogP contribution in [0.15, 0.2) is 38.5 Å². The molecule has 0 bridgehead atoms. The maximum absolute atomic E-state index is 11.7. The molecule has 22 heavy (non-hydrogen) atoms. The quantitative estimate of drug-likeness (QED) is 0.423. The predicted octanol–water partition coefficient (Wildman–Crippen LogP) is 1.85. The molecular formula is C11H7N5O5S. The Kier molecular flexibility index (Phi) is 3.70. The Morgan fingerprint density at radius 2 is 2.18 bits per heavy atom. The Bertz CT molecular complexity index is 811. The smallest absolute Gasteiger partial charge is 0.431 e. The molecule has 0 aliphatic rings. The van der Waals surface area contributed by atoms with Crippen molar-refractivity contribution < 1.29 is 18.8 Å². The standard InChI is InChI=1S/C11H7N5O5S/c17-8(13-9-10(16(18)19)15-21-14-9)5-22-11-12-6-3-1-2-4-7(6)20-11/h1-4H,5H2,(H,13,14,17). The average molecular weight is 321 g/mol. The van der Waals surface area contributed by atoms with Crippen molar-refractivity contribution in [1.29, 1.82) is 0 Å². The highest BCUT2D eigenvalue weighted by Gasteiger charge is 2.24. The molecule has 3 rings (SSSR count). The van der Waals surface area contributed by atoms with E-state index in [4.69, 9.17) is 4.42 Å². The van der Waals surface area contributed by atoms with Crippen molar-refractivity contribution in [2.45, 2.75) is 5.22 Å². The van der Waals surface area contributed by atoms with E-state index in [1.165, 1.54) is 0 Å². The van der Waals surface area contributed by atoms with Crippen LogP contribution in [0.4, 0.5) is 11.6 Å². The zero-order valence-electron chi connectivity index (χ0n) is 10.8. The summed E-state index contributed by atoms with van der Waals surface area (Å²) in [5.41, 5.74) is 1.29. The van der Waals surface area contributed by atoms with E-state index in [-0.39, 0.29) is 11.6 Å². The van der Waals surface area contributed by atoms with Crippen molar-refractivity contribution in [2.24, 2.45) is 0 Å². The molecule has 0 spiro atoms. The predicted molar refractivity (Wildman–Crippen MR) is 74.3 cm³/mol. The maximum atomic E-state index is 11.7. The summed E-state index contributed by atoms with van der Waals surface area (Å²) in [4.78, 5) is 25.7. The van der Waals surface area contributed by atoms with E-state index in [2.05, 4.69) is 25.2 Å². The summed E-state index contributed by atoms with van der Waals surface area (Å²) in [6.45, 7) is 0. The number of oxazole rings is 1. The van der Waals surface area contributed by atoms with Crippen LogP contribution in [-0.2, 0) is 4.79 Å². The number of thioether (sulfide) groups is 1. The first-order valence-corrected chi connectivity index (χ1v) is 6.87. The molecule has 0 aliphatic heterocycles. The lowest BCUT2D eigenvalue weighted by Gasteiger charge is -1.98. The van der Waals surface area contributed by atoms with Gasteiger partial charge < -0.3 is 14.5 Å². The number of rotatable bonds is 5. The number of carbonyl (C=O) groups excluding carboxylic acids is 1. The third kappa shape index (κ3) is 2.88. The summed E-state index contributed by atoms with van der Waals surface area (Å²) in [6.07, 6.45) is 0. The number of hydrogen-bond acceptors (Lipinski definition) is 9. The lowest BCUT2D eigenvalue weighted by atomic mass is 10.3. The fourth-order valence-corrected chi connectivity index (χ4v) is 2.23. The number of hydrogen-bond donors (Lipinski definition) is 1. The molecule has 3 aromatic rings. The summed E-state index contributed by atoms with van der Waals surface area (Å²) in [5.74, 6) is -1.57. The molecule has 1 N–H and O–H groups in total. The number of benzene rings is 1. The lowest BCUT2D eigenvalue weighted by Crippen LogP contribution is -2.15. The van der Waals surface area contributed by atoms with Gasteiger partial charge in [0.2, 0.25) is 5.91 Å². The summed E-state index contributed by atoms with van der Waals surface area (Å²) in [5, 5.41) is 19.5. The monoisotopic (exact) mass is 321 g/mol. The highest BCUT2D eigenvalue weighted by Crippen LogP contribution is 2.24. The number of nitro groups is 1. The summed E-state index contributed by atoms with van der Waals surface area (Å²) >= 11 is 1.05. The van der Waals surface area contributed by atoms with Crippen LogP contribution in [0.3, 0.4) is 0 Å². The number of para-hydroxylation sites is 2. The highest BCUT2D eigenvalue weighted by molar-refractivity contribution is 7.99. The van der Waals surface area contributed by atoms with E-state index in [0.29, 0.717) is 16.3 Å². The molecule has 10 nitrogen and oxygen atoms in total. The fraction of sp³-hybridized carbons (Fsp3) is 0.0909. The third-order valence-electron chi connectivity index (χ3n) is 2.50. The van der Waals surface area contributed by atoms with Gasteiger partial charge in [0.15, 0.2) is 10.7 Å². The van der Waals surface area contributed by atoms with Gasteiger partial charge >= 0.3 is 5.82 Å². The minimum Gasteiger partial charge on any atom is -0.431 e. The number of nitrogens with zero attached hydrogens (tertiary/aromatic N) is 4. The van der Waals surface area contributed by atoms with Gasteiger partial charge in [-0.1, -0.05) is 23.9 Å². The second-order valence-electron chi connectivity index (χ2n) is 3.98. The Balaban J connectivity index is 1.62. The van der Waals surface area contributed by atoms with Gasteiger partial charge in [0.1, 0.15) is 5.52 Å². The lowest BCUT2D eigenvalue weighted by molar-refractivity contribution is -0.390. The molecule has 11 heteroatoms. The van der Waals surface area contributed by atoms with Gasteiger partial charge in [-0.2, -0.15) is 0 Å². The second-order valence-corrected chi connectivity index (χ2v) is 4.90. The zero-order chi connectivity index (χ0) is 15.5.